The molecule has 10 heavy (non-hydrogen) atoms. The fourth-order valence-corrected chi connectivity index (χ4v) is 0.580. The molecule has 0 saturated carbocycles. The fourth-order valence-electron chi connectivity index (χ4n) is 0.580. The van der Waals surface area contributed by atoms with Crippen LogP contribution in [0.5, 0.6) is 0 Å². The molecule has 0 aliphatic rings. The van der Waals surface area contributed by atoms with E-state index in [1.807, 2.05) is 13.8 Å². The van der Waals surface area contributed by atoms with E-state index in [0.29, 0.717) is 5.57 Å². The summed E-state index contributed by atoms with van der Waals surface area (Å²) < 4.78 is 0. The molecule has 0 radical (unpaired) electrons. The quantitative estimate of drug-likeness (QED) is 0.470. The van der Waals surface area contributed by atoms with Crippen LogP contribution in [0.2, 0.25) is 0 Å². The highest BCUT2D eigenvalue weighted by Gasteiger charge is 1.99. The lowest BCUT2D eigenvalue weighted by Crippen LogP contribution is -1.96. The topological polar surface area (TPSA) is 37.3 Å². The maximum atomic E-state index is 10.4. The molecule has 0 bridgehead atoms. The van der Waals surface area contributed by atoms with Crippen LogP contribution in [0.25, 0.3) is 0 Å². The molecule has 0 unspecified atom stereocenters. The first-order valence-corrected chi connectivity index (χ1v) is 3.12. The van der Waals surface area contributed by atoms with E-state index in [4.69, 9.17) is 5.11 Å². The van der Waals surface area contributed by atoms with Crippen LogP contribution >= 0.6 is 0 Å². The van der Waals surface area contributed by atoms with Crippen molar-refractivity contribution in [3.05, 3.63) is 23.3 Å². The molecule has 0 spiro atoms. The molecule has 0 atom stereocenters. The zero-order valence-corrected chi connectivity index (χ0v) is 6.51. The van der Waals surface area contributed by atoms with Crippen molar-refractivity contribution in [2.45, 2.75) is 20.8 Å². The zero-order chi connectivity index (χ0) is 8.15. The zero-order valence-electron chi connectivity index (χ0n) is 6.51. The molecule has 0 aromatic carbocycles. The summed E-state index contributed by atoms with van der Waals surface area (Å²) >= 11 is 0. The third-order valence-corrected chi connectivity index (χ3v) is 1.00. The van der Waals surface area contributed by atoms with Gasteiger partial charge >= 0.3 is 5.97 Å². The summed E-state index contributed by atoms with van der Waals surface area (Å²) in [7, 11) is 0. The van der Waals surface area contributed by atoms with Crippen LogP contribution < -0.4 is 0 Å². The molecule has 2 heteroatoms. The van der Waals surface area contributed by atoms with Gasteiger partial charge in [0.05, 0.1) is 5.57 Å². The second kappa shape index (κ2) is 3.88. The van der Waals surface area contributed by atoms with Gasteiger partial charge in [0.2, 0.25) is 0 Å². The van der Waals surface area contributed by atoms with Gasteiger partial charge < -0.3 is 5.11 Å². The second-order valence-electron chi connectivity index (χ2n) is 2.27. The number of carbonyl (C=O) groups is 1. The van der Waals surface area contributed by atoms with E-state index in [1.165, 1.54) is 0 Å². The summed E-state index contributed by atoms with van der Waals surface area (Å²) in [6.45, 7) is 5.45. The minimum atomic E-state index is -0.872. The van der Waals surface area contributed by atoms with E-state index in [1.54, 1.807) is 19.1 Å². The molecule has 0 aromatic rings. The van der Waals surface area contributed by atoms with E-state index in [2.05, 4.69) is 0 Å². The first kappa shape index (κ1) is 8.95. The SMILES string of the molecule is CC=C(C=C(C)C)C(=O)O. The Morgan fingerprint density at radius 1 is 1.40 bits per heavy atom. The lowest BCUT2D eigenvalue weighted by atomic mass is 10.2. The van der Waals surface area contributed by atoms with Gasteiger partial charge in [-0.05, 0) is 26.8 Å². The highest BCUT2D eigenvalue weighted by Crippen LogP contribution is 2.00. The number of hydrogen-bond donors (Lipinski definition) is 1. The van der Waals surface area contributed by atoms with Crippen LogP contribution in [-0.4, -0.2) is 11.1 Å². The van der Waals surface area contributed by atoms with Crippen molar-refractivity contribution >= 4 is 5.97 Å². The lowest BCUT2D eigenvalue weighted by Gasteiger charge is -1.92. The number of allylic oxidation sites excluding steroid dienone is 2. The van der Waals surface area contributed by atoms with Crippen molar-refractivity contribution in [2.75, 3.05) is 0 Å². The summed E-state index contributed by atoms with van der Waals surface area (Å²) in [5.74, 6) is -0.872. The Morgan fingerprint density at radius 2 is 1.90 bits per heavy atom. The van der Waals surface area contributed by atoms with E-state index in [-0.39, 0.29) is 0 Å². The van der Waals surface area contributed by atoms with Gasteiger partial charge in [0, 0.05) is 0 Å². The van der Waals surface area contributed by atoms with Crippen LogP contribution in [0.3, 0.4) is 0 Å². The first-order chi connectivity index (χ1) is 4.57. The van der Waals surface area contributed by atoms with Crippen LogP contribution in [-0.2, 0) is 4.79 Å². The maximum absolute atomic E-state index is 10.4. The first-order valence-electron chi connectivity index (χ1n) is 3.12. The van der Waals surface area contributed by atoms with E-state index >= 15 is 0 Å². The Bertz CT molecular complexity index is 183. The summed E-state index contributed by atoms with van der Waals surface area (Å²) in [5.41, 5.74) is 1.34. The molecule has 0 heterocycles. The summed E-state index contributed by atoms with van der Waals surface area (Å²) in [6.07, 6.45) is 3.22. The Labute approximate surface area is 60.9 Å². The Kier molecular flexibility index (Phi) is 3.47. The molecule has 0 aromatic heterocycles. The van der Waals surface area contributed by atoms with Crippen molar-refractivity contribution in [1.29, 1.82) is 0 Å². The van der Waals surface area contributed by atoms with E-state index in [0.717, 1.165) is 5.57 Å². The average molecular weight is 140 g/mol. The van der Waals surface area contributed by atoms with Crippen LogP contribution in [0.15, 0.2) is 23.3 Å². The molecule has 0 aliphatic heterocycles. The summed E-state index contributed by atoms with van der Waals surface area (Å²) in [5, 5.41) is 8.51. The highest BCUT2D eigenvalue weighted by atomic mass is 16.4. The summed E-state index contributed by atoms with van der Waals surface area (Å²) in [4.78, 5) is 10.4. The molecular formula is C8H12O2. The van der Waals surface area contributed by atoms with Gasteiger partial charge in [0.1, 0.15) is 0 Å². The number of carboxylic acid groups (broad SMARTS) is 1. The largest absolute Gasteiger partial charge is 0.478 e. The van der Waals surface area contributed by atoms with Gasteiger partial charge in [0.15, 0.2) is 0 Å². The molecule has 56 valence electrons. The molecule has 0 amide bonds. The van der Waals surface area contributed by atoms with Crippen molar-refractivity contribution in [1.82, 2.24) is 0 Å². The Balaban J connectivity index is 4.42. The minimum absolute atomic E-state index is 0.347. The Hall–Kier alpha value is -1.05. The van der Waals surface area contributed by atoms with Gasteiger partial charge in [0.25, 0.3) is 0 Å². The number of aliphatic carboxylic acids is 1. The molecular weight excluding hydrogens is 128 g/mol. The monoisotopic (exact) mass is 140 g/mol. The minimum Gasteiger partial charge on any atom is -0.478 e. The molecule has 1 N–H and O–H groups in total. The number of hydrogen-bond acceptors (Lipinski definition) is 1. The third kappa shape index (κ3) is 3.07. The number of rotatable bonds is 2. The van der Waals surface area contributed by atoms with Gasteiger partial charge in [-0.15, -0.1) is 0 Å². The van der Waals surface area contributed by atoms with Gasteiger partial charge in [-0.2, -0.15) is 0 Å². The van der Waals surface area contributed by atoms with Gasteiger partial charge in [-0.3, -0.25) is 0 Å². The van der Waals surface area contributed by atoms with Crippen molar-refractivity contribution in [3.8, 4) is 0 Å². The standard InChI is InChI=1S/C8H12O2/c1-4-7(8(9)10)5-6(2)3/h4-5H,1-3H3,(H,9,10). The lowest BCUT2D eigenvalue weighted by molar-refractivity contribution is -0.132. The predicted octanol–water partition coefficient (Wildman–Crippen LogP) is 1.98. The molecule has 0 rings (SSSR count). The normalized spacial score (nSPS) is 10.9. The third-order valence-electron chi connectivity index (χ3n) is 1.00. The van der Waals surface area contributed by atoms with Gasteiger partial charge in [-0.1, -0.05) is 11.6 Å². The Morgan fingerprint density at radius 3 is 2.00 bits per heavy atom. The highest BCUT2D eigenvalue weighted by molar-refractivity contribution is 5.89. The molecule has 2 nitrogen and oxygen atoms in total. The van der Waals surface area contributed by atoms with Crippen LogP contribution in [0.1, 0.15) is 20.8 Å². The van der Waals surface area contributed by atoms with Crippen molar-refractivity contribution < 1.29 is 9.90 Å². The van der Waals surface area contributed by atoms with E-state index < -0.39 is 5.97 Å². The fraction of sp³-hybridized carbons (Fsp3) is 0.375. The molecule has 0 fully saturated rings. The van der Waals surface area contributed by atoms with Crippen molar-refractivity contribution in [2.24, 2.45) is 0 Å². The van der Waals surface area contributed by atoms with Gasteiger partial charge in [-0.25, -0.2) is 4.79 Å². The predicted molar refractivity (Wildman–Crippen MR) is 40.8 cm³/mol. The van der Waals surface area contributed by atoms with Crippen LogP contribution in [0.4, 0.5) is 0 Å². The number of carboxylic acids is 1. The molecule has 0 aliphatic carbocycles. The summed E-state index contributed by atoms with van der Waals surface area (Å²) in [6, 6.07) is 0. The average Bonchev–Trinajstić information content (AvgIpc) is 1.81. The maximum Gasteiger partial charge on any atom is 0.335 e. The smallest absolute Gasteiger partial charge is 0.335 e. The van der Waals surface area contributed by atoms with E-state index in [9.17, 15) is 4.79 Å². The molecule has 0 saturated heterocycles. The second-order valence-corrected chi connectivity index (χ2v) is 2.27. The van der Waals surface area contributed by atoms with Crippen molar-refractivity contribution in [3.63, 3.8) is 0 Å². The van der Waals surface area contributed by atoms with Crippen LogP contribution in [0, 0.1) is 0 Å².